The van der Waals surface area contributed by atoms with E-state index in [4.69, 9.17) is 0 Å². The van der Waals surface area contributed by atoms with E-state index in [0.717, 1.165) is 17.5 Å². The average Bonchev–Trinajstić information content (AvgIpc) is 2.51. The van der Waals surface area contributed by atoms with Crippen LogP contribution < -0.4 is 5.32 Å². The van der Waals surface area contributed by atoms with Crippen molar-refractivity contribution in [2.45, 2.75) is 25.4 Å². The molecule has 3 heteroatoms. The molecule has 0 bridgehead atoms. The summed E-state index contributed by atoms with van der Waals surface area (Å²) in [6, 6.07) is 16.5. The van der Waals surface area contributed by atoms with Gasteiger partial charge in [0.25, 0.3) is 0 Å². The van der Waals surface area contributed by atoms with Crippen LogP contribution in [0, 0.1) is 5.82 Å². The second kappa shape index (κ2) is 7.17. The lowest BCUT2D eigenvalue weighted by atomic mass is 9.97. The minimum absolute atomic E-state index is 0.0188. The van der Waals surface area contributed by atoms with Crippen LogP contribution in [0.3, 0.4) is 0 Å². The van der Waals surface area contributed by atoms with E-state index in [2.05, 4.69) is 5.32 Å². The van der Waals surface area contributed by atoms with Crippen molar-refractivity contribution in [3.63, 3.8) is 0 Å². The quantitative estimate of drug-likeness (QED) is 0.846. The van der Waals surface area contributed by atoms with Crippen molar-refractivity contribution in [3.05, 3.63) is 71.5 Å². The number of halogens is 1. The zero-order valence-corrected chi connectivity index (χ0v) is 11.6. The molecule has 2 atom stereocenters. The molecule has 0 saturated carbocycles. The summed E-state index contributed by atoms with van der Waals surface area (Å²) >= 11 is 0. The normalized spacial score (nSPS) is 13.9. The van der Waals surface area contributed by atoms with Gasteiger partial charge < -0.3 is 10.4 Å². The van der Waals surface area contributed by atoms with Crippen LogP contribution in [0.4, 0.5) is 4.39 Å². The molecule has 2 nitrogen and oxygen atoms in total. The Bertz CT molecular complexity index is 508. The highest BCUT2D eigenvalue weighted by Crippen LogP contribution is 2.23. The first-order valence-electron chi connectivity index (χ1n) is 6.92. The van der Waals surface area contributed by atoms with Crippen LogP contribution in [-0.4, -0.2) is 17.8 Å². The molecule has 0 amide bonds. The van der Waals surface area contributed by atoms with E-state index in [1.165, 1.54) is 12.1 Å². The van der Waals surface area contributed by atoms with Crippen LogP contribution in [0.15, 0.2) is 54.6 Å². The summed E-state index contributed by atoms with van der Waals surface area (Å²) in [5.41, 5.74) is 2.09. The topological polar surface area (TPSA) is 32.3 Å². The molecule has 2 aromatic carbocycles. The first kappa shape index (κ1) is 14.7. The molecule has 2 rings (SSSR count). The highest BCUT2D eigenvalue weighted by atomic mass is 19.1. The molecule has 20 heavy (non-hydrogen) atoms. The highest BCUT2D eigenvalue weighted by molar-refractivity contribution is 5.32. The molecule has 0 radical (unpaired) electrons. The summed E-state index contributed by atoms with van der Waals surface area (Å²) < 4.78 is 13.1. The van der Waals surface area contributed by atoms with Crippen LogP contribution in [0.25, 0.3) is 0 Å². The van der Waals surface area contributed by atoms with E-state index in [1.54, 1.807) is 12.1 Å². The number of aliphatic hydroxyl groups excluding tert-OH is 1. The van der Waals surface area contributed by atoms with Gasteiger partial charge in [-0.15, -0.1) is 0 Å². The van der Waals surface area contributed by atoms with E-state index in [1.807, 2.05) is 37.3 Å². The van der Waals surface area contributed by atoms with Gasteiger partial charge in [0.2, 0.25) is 0 Å². The molecular weight excluding hydrogens is 253 g/mol. The Balaban J connectivity index is 2.31. The number of hydrogen-bond acceptors (Lipinski definition) is 2. The average molecular weight is 273 g/mol. The Morgan fingerprint density at radius 3 is 2.15 bits per heavy atom. The molecule has 1 unspecified atom stereocenters. The fourth-order valence-electron chi connectivity index (χ4n) is 2.22. The van der Waals surface area contributed by atoms with Gasteiger partial charge >= 0.3 is 0 Å². The Morgan fingerprint density at radius 2 is 1.60 bits per heavy atom. The number of hydrogen-bond donors (Lipinski definition) is 2. The predicted octanol–water partition coefficient (Wildman–Crippen LogP) is 3.28. The fourth-order valence-corrected chi connectivity index (χ4v) is 2.22. The summed E-state index contributed by atoms with van der Waals surface area (Å²) in [5, 5.41) is 12.8. The molecule has 0 aliphatic rings. The number of rotatable bonds is 6. The maximum atomic E-state index is 13.1. The van der Waals surface area contributed by atoms with E-state index in [9.17, 15) is 9.50 Å². The van der Waals surface area contributed by atoms with Crippen molar-refractivity contribution in [2.24, 2.45) is 0 Å². The molecule has 2 N–H and O–H groups in total. The van der Waals surface area contributed by atoms with Crippen molar-refractivity contribution in [2.75, 3.05) is 6.61 Å². The Morgan fingerprint density at radius 1 is 1.00 bits per heavy atom. The molecule has 0 aliphatic heterocycles. The molecule has 0 saturated heterocycles. The largest absolute Gasteiger partial charge is 0.395 e. The van der Waals surface area contributed by atoms with Gasteiger partial charge in [-0.2, -0.15) is 0 Å². The van der Waals surface area contributed by atoms with Gasteiger partial charge in [0, 0.05) is 6.04 Å². The molecule has 0 heterocycles. The number of benzene rings is 2. The first-order valence-corrected chi connectivity index (χ1v) is 6.92. The van der Waals surface area contributed by atoms with E-state index in [0.29, 0.717) is 0 Å². The van der Waals surface area contributed by atoms with Crippen molar-refractivity contribution in [1.29, 1.82) is 0 Å². The van der Waals surface area contributed by atoms with Crippen molar-refractivity contribution in [1.82, 2.24) is 5.32 Å². The SMILES string of the molecule is CC[C@@H](CO)NC(c1ccccc1)c1ccc(F)cc1. The number of nitrogens with one attached hydrogen (secondary N) is 1. The Labute approximate surface area is 119 Å². The van der Waals surface area contributed by atoms with Gasteiger partial charge in [-0.1, -0.05) is 49.4 Å². The molecular formula is C17H20FNO. The van der Waals surface area contributed by atoms with Gasteiger partial charge in [0.15, 0.2) is 0 Å². The molecule has 0 spiro atoms. The van der Waals surface area contributed by atoms with Crippen molar-refractivity contribution in [3.8, 4) is 0 Å². The first-order chi connectivity index (χ1) is 9.74. The lowest BCUT2D eigenvalue weighted by Crippen LogP contribution is -2.35. The summed E-state index contributed by atoms with van der Waals surface area (Å²) in [7, 11) is 0. The van der Waals surface area contributed by atoms with Crippen LogP contribution in [0.2, 0.25) is 0 Å². The van der Waals surface area contributed by atoms with Crippen molar-refractivity contribution >= 4 is 0 Å². The lowest BCUT2D eigenvalue weighted by Gasteiger charge is -2.25. The van der Waals surface area contributed by atoms with Gasteiger partial charge in [-0.05, 0) is 29.7 Å². The molecule has 0 fully saturated rings. The van der Waals surface area contributed by atoms with Crippen LogP contribution in [0.1, 0.15) is 30.5 Å². The van der Waals surface area contributed by atoms with E-state index < -0.39 is 0 Å². The van der Waals surface area contributed by atoms with Gasteiger partial charge in [-0.3, -0.25) is 0 Å². The maximum absolute atomic E-state index is 13.1. The zero-order chi connectivity index (χ0) is 14.4. The van der Waals surface area contributed by atoms with Crippen LogP contribution >= 0.6 is 0 Å². The zero-order valence-electron chi connectivity index (χ0n) is 11.6. The van der Waals surface area contributed by atoms with E-state index >= 15 is 0 Å². The Hall–Kier alpha value is -1.71. The third-order valence-corrected chi connectivity index (χ3v) is 3.45. The summed E-state index contributed by atoms with van der Waals surface area (Å²) in [4.78, 5) is 0. The Kier molecular flexibility index (Phi) is 5.27. The lowest BCUT2D eigenvalue weighted by molar-refractivity contribution is 0.232. The van der Waals surface area contributed by atoms with Crippen LogP contribution in [0.5, 0.6) is 0 Å². The fraction of sp³-hybridized carbons (Fsp3) is 0.294. The second-order valence-corrected chi connectivity index (χ2v) is 4.85. The van der Waals surface area contributed by atoms with Gasteiger partial charge in [0.05, 0.1) is 12.6 Å². The third kappa shape index (κ3) is 3.65. The highest BCUT2D eigenvalue weighted by Gasteiger charge is 2.17. The van der Waals surface area contributed by atoms with Gasteiger partial charge in [-0.25, -0.2) is 4.39 Å². The standard InChI is InChI=1S/C17H20FNO/c1-2-16(12-20)19-17(13-6-4-3-5-7-13)14-8-10-15(18)11-9-14/h3-11,16-17,19-20H,2,12H2,1H3/t16-,17?/m0/s1. The molecule has 2 aromatic rings. The molecule has 0 aliphatic carbocycles. The van der Waals surface area contributed by atoms with Crippen LogP contribution in [-0.2, 0) is 0 Å². The predicted molar refractivity (Wildman–Crippen MR) is 79.0 cm³/mol. The summed E-state index contributed by atoms with van der Waals surface area (Å²) in [6.45, 7) is 2.11. The van der Waals surface area contributed by atoms with Crippen molar-refractivity contribution < 1.29 is 9.50 Å². The maximum Gasteiger partial charge on any atom is 0.123 e. The minimum atomic E-state index is -0.241. The third-order valence-electron chi connectivity index (χ3n) is 3.45. The van der Waals surface area contributed by atoms with Gasteiger partial charge in [0.1, 0.15) is 5.82 Å². The minimum Gasteiger partial charge on any atom is -0.395 e. The summed E-state index contributed by atoms with van der Waals surface area (Å²) in [5.74, 6) is -0.241. The van der Waals surface area contributed by atoms with E-state index in [-0.39, 0.29) is 24.5 Å². The number of aliphatic hydroxyl groups is 1. The smallest absolute Gasteiger partial charge is 0.123 e. The summed E-state index contributed by atoms with van der Waals surface area (Å²) in [6.07, 6.45) is 0.834. The molecule has 106 valence electrons. The second-order valence-electron chi connectivity index (χ2n) is 4.85. The monoisotopic (exact) mass is 273 g/mol. The molecule has 0 aromatic heterocycles.